The van der Waals surface area contributed by atoms with Gasteiger partial charge in [0.05, 0.1) is 12.8 Å². The van der Waals surface area contributed by atoms with Crippen molar-refractivity contribution in [2.45, 2.75) is 6.61 Å². The van der Waals surface area contributed by atoms with Gasteiger partial charge in [-0.25, -0.2) is 9.37 Å². The van der Waals surface area contributed by atoms with Crippen molar-refractivity contribution < 1.29 is 22.6 Å². The standard InChI is InChI=1S/C19H14F3NO2S/c1-24-17-10-12(2-8-16(17)25-19(21)22)3-9-18-23-15(11-26-18)13-4-6-14(20)7-5-13/h2-11,19H,1H3/b9-3+. The molecule has 7 heteroatoms. The highest BCUT2D eigenvalue weighted by Gasteiger charge is 2.10. The molecule has 3 aromatic rings. The molecule has 0 atom stereocenters. The Morgan fingerprint density at radius 2 is 1.81 bits per heavy atom. The van der Waals surface area contributed by atoms with E-state index in [4.69, 9.17) is 4.74 Å². The summed E-state index contributed by atoms with van der Waals surface area (Å²) in [5.41, 5.74) is 2.34. The Bertz CT molecular complexity index is 907. The summed E-state index contributed by atoms with van der Waals surface area (Å²) in [5, 5.41) is 2.64. The number of benzene rings is 2. The van der Waals surface area contributed by atoms with Gasteiger partial charge in [-0.2, -0.15) is 8.78 Å². The van der Waals surface area contributed by atoms with Crippen molar-refractivity contribution in [3.05, 3.63) is 64.2 Å². The molecule has 1 heterocycles. The highest BCUT2D eigenvalue weighted by Crippen LogP contribution is 2.30. The number of methoxy groups -OCH3 is 1. The van der Waals surface area contributed by atoms with Crippen molar-refractivity contribution in [1.82, 2.24) is 4.98 Å². The molecule has 0 aliphatic rings. The van der Waals surface area contributed by atoms with Gasteiger partial charge in [-0.15, -0.1) is 11.3 Å². The fraction of sp³-hybridized carbons (Fsp3) is 0.105. The fourth-order valence-corrected chi connectivity index (χ4v) is 2.98. The molecule has 0 fully saturated rings. The Morgan fingerprint density at radius 1 is 1.04 bits per heavy atom. The highest BCUT2D eigenvalue weighted by molar-refractivity contribution is 7.10. The van der Waals surface area contributed by atoms with E-state index in [-0.39, 0.29) is 17.3 Å². The zero-order chi connectivity index (χ0) is 18.5. The van der Waals surface area contributed by atoms with E-state index in [1.807, 2.05) is 5.38 Å². The first-order chi connectivity index (χ1) is 12.5. The van der Waals surface area contributed by atoms with Crippen LogP contribution >= 0.6 is 11.3 Å². The third-order valence-corrected chi connectivity index (χ3v) is 4.29. The number of alkyl halides is 2. The molecule has 0 radical (unpaired) electrons. The van der Waals surface area contributed by atoms with E-state index >= 15 is 0 Å². The van der Waals surface area contributed by atoms with Crippen LogP contribution in [0.25, 0.3) is 23.4 Å². The molecule has 0 bridgehead atoms. The van der Waals surface area contributed by atoms with Crippen molar-refractivity contribution >= 4 is 23.5 Å². The van der Waals surface area contributed by atoms with Crippen LogP contribution in [0, 0.1) is 5.82 Å². The first-order valence-electron chi connectivity index (χ1n) is 7.57. The largest absolute Gasteiger partial charge is 0.493 e. The summed E-state index contributed by atoms with van der Waals surface area (Å²) in [5.74, 6) is -0.0941. The van der Waals surface area contributed by atoms with E-state index in [0.717, 1.165) is 21.8 Å². The lowest BCUT2D eigenvalue weighted by molar-refractivity contribution is -0.0512. The second kappa shape index (κ2) is 8.05. The number of halogens is 3. The molecule has 0 N–H and O–H groups in total. The Morgan fingerprint density at radius 3 is 2.50 bits per heavy atom. The maximum Gasteiger partial charge on any atom is 0.387 e. The van der Waals surface area contributed by atoms with Gasteiger partial charge in [-0.1, -0.05) is 12.1 Å². The Kier molecular flexibility index (Phi) is 5.58. The maximum absolute atomic E-state index is 13.0. The number of ether oxygens (including phenoxy) is 2. The predicted molar refractivity (Wildman–Crippen MR) is 96.1 cm³/mol. The van der Waals surface area contributed by atoms with Crippen molar-refractivity contribution in [1.29, 1.82) is 0 Å². The number of nitrogens with zero attached hydrogens (tertiary/aromatic N) is 1. The fourth-order valence-electron chi connectivity index (χ4n) is 2.27. The van der Waals surface area contributed by atoms with E-state index in [2.05, 4.69) is 9.72 Å². The number of aromatic nitrogens is 1. The molecule has 0 aliphatic carbocycles. The summed E-state index contributed by atoms with van der Waals surface area (Å²) in [7, 11) is 1.39. The van der Waals surface area contributed by atoms with Crippen LogP contribution < -0.4 is 9.47 Å². The number of hydrogen-bond acceptors (Lipinski definition) is 4. The lowest BCUT2D eigenvalue weighted by Crippen LogP contribution is -2.03. The molecule has 134 valence electrons. The quantitative estimate of drug-likeness (QED) is 0.550. The Hall–Kier alpha value is -2.80. The first-order valence-corrected chi connectivity index (χ1v) is 8.45. The second-order valence-corrected chi connectivity index (χ2v) is 6.09. The van der Waals surface area contributed by atoms with Gasteiger partial charge in [0.15, 0.2) is 11.5 Å². The highest BCUT2D eigenvalue weighted by atomic mass is 32.1. The summed E-state index contributed by atoms with van der Waals surface area (Å²) >= 11 is 1.44. The van der Waals surface area contributed by atoms with E-state index in [9.17, 15) is 13.2 Å². The molecular weight excluding hydrogens is 363 g/mol. The lowest BCUT2D eigenvalue weighted by atomic mass is 10.2. The summed E-state index contributed by atoms with van der Waals surface area (Å²) < 4.78 is 47.2. The minimum atomic E-state index is -2.91. The predicted octanol–water partition coefficient (Wildman–Crippen LogP) is 5.73. The van der Waals surface area contributed by atoms with E-state index in [1.165, 1.54) is 36.6 Å². The minimum Gasteiger partial charge on any atom is -0.493 e. The van der Waals surface area contributed by atoms with Crippen LogP contribution in [0.2, 0.25) is 0 Å². The monoisotopic (exact) mass is 377 g/mol. The van der Waals surface area contributed by atoms with E-state index in [1.54, 1.807) is 36.4 Å². The van der Waals surface area contributed by atoms with E-state index < -0.39 is 6.61 Å². The zero-order valence-corrected chi connectivity index (χ0v) is 14.5. The van der Waals surface area contributed by atoms with Crippen LogP contribution in [-0.4, -0.2) is 18.7 Å². The van der Waals surface area contributed by atoms with Crippen molar-refractivity contribution in [3.8, 4) is 22.8 Å². The average Bonchev–Trinajstić information content (AvgIpc) is 3.10. The zero-order valence-electron chi connectivity index (χ0n) is 13.7. The summed E-state index contributed by atoms with van der Waals surface area (Å²) in [6, 6.07) is 10.8. The van der Waals surface area contributed by atoms with Crippen molar-refractivity contribution in [3.63, 3.8) is 0 Å². The maximum atomic E-state index is 13.0. The third kappa shape index (κ3) is 4.43. The second-order valence-electron chi connectivity index (χ2n) is 5.20. The van der Waals surface area contributed by atoms with Gasteiger partial charge < -0.3 is 9.47 Å². The van der Waals surface area contributed by atoms with Crippen molar-refractivity contribution in [2.24, 2.45) is 0 Å². The molecular formula is C19H14F3NO2S. The Balaban J connectivity index is 1.76. The van der Waals surface area contributed by atoms with Gasteiger partial charge in [0.1, 0.15) is 10.8 Å². The molecule has 0 aliphatic heterocycles. The third-order valence-electron chi connectivity index (χ3n) is 3.48. The lowest BCUT2D eigenvalue weighted by Gasteiger charge is -2.10. The molecule has 1 aromatic heterocycles. The minimum absolute atomic E-state index is 0.0208. The number of rotatable bonds is 6. The van der Waals surface area contributed by atoms with E-state index in [0.29, 0.717) is 0 Å². The normalized spacial score (nSPS) is 11.3. The molecule has 0 amide bonds. The summed E-state index contributed by atoms with van der Waals surface area (Å²) in [6.45, 7) is -2.91. The van der Waals surface area contributed by atoms with Crippen LogP contribution in [0.4, 0.5) is 13.2 Å². The van der Waals surface area contributed by atoms with Gasteiger partial charge in [0.2, 0.25) is 0 Å². The molecule has 2 aromatic carbocycles. The molecule has 3 rings (SSSR count). The van der Waals surface area contributed by atoms with Crippen LogP contribution in [0.1, 0.15) is 10.6 Å². The van der Waals surface area contributed by atoms with Gasteiger partial charge in [-0.3, -0.25) is 0 Å². The first kappa shape index (κ1) is 18.0. The van der Waals surface area contributed by atoms with Gasteiger partial charge in [0, 0.05) is 10.9 Å². The molecule has 0 saturated carbocycles. The molecule has 0 unspecified atom stereocenters. The average molecular weight is 377 g/mol. The number of hydrogen-bond donors (Lipinski definition) is 0. The topological polar surface area (TPSA) is 31.4 Å². The molecule has 3 nitrogen and oxygen atoms in total. The van der Waals surface area contributed by atoms with Gasteiger partial charge >= 0.3 is 6.61 Å². The SMILES string of the molecule is COc1cc(/C=C/c2nc(-c3ccc(F)cc3)cs2)ccc1OC(F)F. The summed E-state index contributed by atoms with van der Waals surface area (Å²) in [4.78, 5) is 4.48. The molecule has 26 heavy (non-hydrogen) atoms. The van der Waals surface area contributed by atoms with Crippen LogP contribution in [0.5, 0.6) is 11.5 Å². The number of thiazole rings is 1. The van der Waals surface area contributed by atoms with Crippen LogP contribution in [0.15, 0.2) is 47.8 Å². The molecule has 0 spiro atoms. The van der Waals surface area contributed by atoms with Crippen LogP contribution in [0.3, 0.4) is 0 Å². The molecule has 0 saturated heterocycles. The Labute approximate surface area is 152 Å². The van der Waals surface area contributed by atoms with Crippen LogP contribution in [-0.2, 0) is 0 Å². The van der Waals surface area contributed by atoms with Gasteiger partial charge in [0.25, 0.3) is 0 Å². The van der Waals surface area contributed by atoms with Gasteiger partial charge in [-0.05, 0) is 48.0 Å². The summed E-state index contributed by atoms with van der Waals surface area (Å²) in [6.07, 6.45) is 3.60. The smallest absolute Gasteiger partial charge is 0.387 e. The van der Waals surface area contributed by atoms with Crippen molar-refractivity contribution in [2.75, 3.05) is 7.11 Å².